The molecule has 7 nitrogen and oxygen atoms in total. The van der Waals surface area contributed by atoms with Crippen molar-refractivity contribution in [2.75, 3.05) is 17.7 Å². The van der Waals surface area contributed by atoms with E-state index in [0.717, 1.165) is 5.56 Å². The smallest absolute Gasteiger partial charge is 0.271 e. The number of anilines is 2. The van der Waals surface area contributed by atoms with E-state index < -0.39 is 11.5 Å². The molecule has 0 aliphatic rings. The molecule has 0 bridgehead atoms. The Bertz CT molecular complexity index is 996. The van der Waals surface area contributed by atoms with Gasteiger partial charge in [0.25, 0.3) is 5.56 Å². The minimum Gasteiger partial charge on any atom is -0.357 e. The van der Waals surface area contributed by atoms with Gasteiger partial charge in [0.1, 0.15) is 5.69 Å². The number of aromatic amines is 1. The number of rotatable bonds is 5. The lowest BCUT2D eigenvalue weighted by Gasteiger charge is -2.06. The van der Waals surface area contributed by atoms with Crippen LogP contribution in [0.2, 0.25) is 0 Å². The van der Waals surface area contributed by atoms with E-state index in [1.807, 2.05) is 30.3 Å². The molecule has 1 aromatic carbocycles. The average molecular weight is 347 g/mol. The van der Waals surface area contributed by atoms with Crippen molar-refractivity contribution in [2.45, 2.75) is 0 Å². The zero-order chi connectivity index (χ0) is 18.4. The molecular formula is C19H17N5O2. The molecule has 0 atom stereocenters. The van der Waals surface area contributed by atoms with Crippen molar-refractivity contribution in [3.8, 4) is 11.3 Å². The molecule has 0 saturated carbocycles. The molecule has 130 valence electrons. The highest BCUT2D eigenvalue weighted by Gasteiger charge is 2.08. The van der Waals surface area contributed by atoms with E-state index in [-0.39, 0.29) is 5.69 Å². The number of amides is 1. The zero-order valence-corrected chi connectivity index (χ0v) is 14.1. The Hall–Kier alpha value is -3.74. The van der Waals surface area contributed by atoms with Crippen LogP contribution >= 0.6 is 0 Å². The van der Waals surface area contributed by atoms with E-state index in [0.29, 0.717) is 17.2 Å². The van der Waals surface area contributed by atoms with Gasteiger partial charge in [-0.25, -0.2) is 9.97 Å². The molecule has 0 saturated heterocycles. The second kappa shape index (κ2) is 7.89. The number of hydrogen-bond donors (Lipinski definition) is 3. The quantitative estimate of drug-likeness (QED) is 0.616. The van der Waals surface area contributed by atoms with E-state index in [4.69, 9.17) is 0 Å². The number of benzene rings is 1. The maximum absolute atomic E-state index is 12.1. The lowest BCUT2D eigenvalue weighted by Crippen LogP contribution is -2.18. The molecule has 0 unspecified atom stereocenters. The summed E-state index contributed by atoms with van der Waals surface area (Å²) in [4.78, 5) is 35.1. The normalized spacial score (nSPS) is 10.7. The molecule has 3 aromatic rings. The van der Waals surface area contributed by atoms with Crippen molar-refractivity contribution >= 4 is 23.6 Å². The van der Waals surface area contributed by atoms with Gasteiger partial charge in [0.2, 0.25) is 11.9 Å². The molecule has 0 radical (unpaired) electrons. The number of aromatic nitrogens is 3. The second-order valence-corrected chi connectivity index (χ2v) is 5.38. The highest BCUT2D eigenvalue weighted by atomic mass is 16.2. The summed E-state index contributed by atoms with van der Waals surface area (Å²) in [6.07, 6.45) is 6.21. The first-order chi connectivity index (χ1) is 12.7. The molecule has 7 heteroatoms. The molecule has 0 aliphatic carbocycles. The van der Waals surface area contributed by atoms with Gasteiger partial charge in [0.15, 0.2) is 0 Å². The lowest BCUT2D eigenvalue weighted by atomic mass is 10.2. The molecule has 1 amide bonds. The van der Waals surface area contributed by atoms with Gasteiger partial charge in [-0.15, -0.1) is 0 Å². The SMILES string of the molecule is CNc1nccc(-c2c[nH]c(=O)c(NC(=O)/C=C/c3ccccc3)c2)n1. The van der Waals surface area contributed by atoms with Gasteiger partial charge in [-0.3, -0.25) is 9.59 Å². The summed E-state index contributed by atoms with van der Waals surface area (Å²) < 4.78 is 0. The van der Waals surface area contributed by atoms with E-state index in [9.17, 15) is 9.59 Å². The number of hydrogen-bond acceptors (Lipinski definition) is 5. The molecule has 3 rings (SSSR count). The maximum Gasteiger partial charge on any atom is 0.271 e. The number of H-pyrrole nitrogens is 1. The number of nitrogens with one attached hydrogen (secondary N) is 3. The zero-order valence-electron chi connectivity index (χ0n) is 14.1. The monoisotopic (exact) mass is 347 g/mol. The second-order valence-electron chi connectivity index (χ2n) is 5.38. The Morgan fingerprint density at radius 3 is 2.77 bits per heavy atom. The van der Waals surface area contributed by atoms with Crippen LogP contribution in [0.1, 0.15) is 5.56 Å². The predicted molar refractivity (Wildman–Crippen MR) is 102 cm³/mol. The van der Waals surface area contributed by atoms with Crippen LogP contribution in [-0.2, 0) is 4.79 Å². The van der Waals surface area contributed by atoms with Crippen LogP contribution in [0, 0.1) is 0 Å². The van der Waals surface area contributed by atoms with Crippen LogP contribution in [0.15, 0.2) is 65.7 Å². The summed E-state index contributed by atoms with van der Waals surface area (Å²) in [5, 5.41) is 5.45. The van der Waals surface area contributed by atoms with E-state index >= 15 is 0 Å². The first-order valence-corrected chi connectivity index (χ1v) is 7.94. The standard InChI is InChI=1S/C19H17N5O2/c1-20-19-21-10-9-15(24-19)14-11-16(18(26)22-12-14)23-17(25)8-7-13-5-3-2-4-6-13/h2-12H,1H3,(H,22,26)(H,23,25)(H,20,21,24)/b8-7+. The Morgan fingerprint density at radius 1 is 1.19 bits per heavy atom. The number of nitrogens with zero attached hydrogens (tertiary/aromatic N) is 2. The van der Waals surface area contributed by atoms with Crippen LogP contribution in [0.5, 0.6) is 0 Å². The minimum atomic E-state index is -0.393. The first kappa shape index (κ1) is 17.1. The molecule has 0 fully saturated rings. The van der Waals surface area contributed by atoms with Crippen molar-refractivity contribution in [2.24, 2.45) is 0 Å². The summed E-state index contributed by atoms with van der Waals surface area (Å²) in [6.45, 7) is 0. The summed E-state index contributed by atoms with van der Waals surface area (Å²) in [5.41, 5.74) is 1.93. The van der Waals surface area contributed by atoms with E-state index in [2.05, 4.69) is 25.6 Å². The fourth-order valence-electron chi connectivity index (χ4n) is 2.27. The van der Waals surface area contributed by atoms with E-state index in [1.54, 1.807) is 37.7 Å². The molecule has 0 spiro atoms. The van der Waals surface area contributed by atoms with Crippen molar-refractivity contribution in [1.82, 2.24) is 15.0 Å². The molecule has 2 heterocycles. The van der Waals surface area contributed by atoms with Gasteiger partial charge in [-0.1, -0.05) is 30.3 Å². The van der Waals surface area contributed by atoms with Gasteiger partial charge < -0.3 is 15.6 Å². The van der Waals surface area contributed by atoms with Crippen molar-refractivity contribution in [1.29, 1.82) is 0 Å². The van der Waals surface area contributed by atoms with Gasteiger partial charge in [-0.2, -0.15) is 0 Å². The Balaban J connectivity index is 1.80. The van der Waals surface area contributed by atoms with Gasteiger partial charge in [0.05, 0.1) is 5.69 Å². The van der Waals surface area contributed by atoms with Gasteiger partial charge >= 0.3 is 0 Å². The number of carbonyl (C=O) groups excluding carboxylic acids is 1. The first-order valence-electron chi connectivity index (χ1n) is 7.94. The van der Waals surface area contributed by atoms with Crippen LogP contribution in [-0.4, -0.2) is 27.9 Å². The molecule has 26 heavy (non-hydrogen) atoms. The van der Waals surface area contributed by atoms with Crippen LogP contribution in [0.4, 0.5) is 11.6 Å². The summed E-state index contributed by atoms with van der Waals surface area (Å²) >= 11 is 0. The molecule has 0 aliphatic heterocycles. The summed E-state index contributed by atoms with van der Waals surface area (Å²) in [7, 11) is 1.72. The van der Waals surface area contributed by atoms with Crippen LogP contribution < -0.4 is 16.2 Å². The van der Waals surface area contributed by atoms with Gasteiger partial charge in [-0.05, 0) is 23.8 Å². The van der Waals surface area contributed by atoms with Crippen LogP contribution in [0.3, 0.4) is 0 Å². The molecule has 3 N–H and O–H groups in total. The average Bonchev–Trinajstić information content (AvgIpc) is 2.69. The van der Waals surface area contributed by atoms with Crippen molar-refractivity contribution in [3.05, 3.63) is 76.9 Å². The summed E-state index contributed by atoms with van der Waals surface area (Å²) in [5.74, 6) is 0.0696. The summed E-state index contributed by atoms with van der Waals surface area (Å²) in [6, 6.07) is 12.7. The van der Waals surface area contributed by atoms with Gasteiger partial charge in [0, 0.05) is 31.1 Å². The Morgan fingerprint density at radius 2 is 2.00 bits per heavy atom. The third-order valence-corrected chi connectivity index (χ3v) is 3.56. The number of carbonyl (C=O) groups is 1. The highest BCUT2D eigenvalue weighted by Crippen LogP contribution is 2.18. The largest absolute Gasteiger partial charge is 0.357 e. The third kappa shape index (κ3) is 4.21. The fraction of sp³-hybridized carbons (Fsp3) is 0.0526. The topological polar surface area (TPSA) is 99.8 Å². The minimum absolute atomic E-state index is 0.148. The van der Waals surface area contributed by atoms with Crippen molar-refractivity contribution in [3.63, 3.8) is 0 Å². The Labute approximate surface area is 149 Å². The lowest BCUT2D eigenvalue weighted by molar-refractivity contribution is -0.111. The highest BCUT2D eigenvalue weighted by molar-refractivity contribution is 6.02. The Kier molecular flexibility index (Phi) is 5.19. The fourth-order valence-corrected chi connectivity index (χ4v) is 2.27. The van der Waals surface area contributed by atoms with Crippen LogP contribution in [0.25, 0.3) is 17.3 Å². The maximum atomic E-state index is 12.1. The third-order valence-electron chi connectivity index (χ3n) is 3.56. The molecular weight excluding hydrogens is 330 g/mol. The van der Waals surface area contributed by atoms with E-state index in [1.165, 1.54) is 6.08 Å². The van der Waals surface area contributed by atoms with Crippen molar-refractivity contribution < 1.29 is 4.79 Å². The number of pyridine rings is 1. The predicted octanol–water partition coefficient (Wildman–Crippen LogP) is 2.53. The molecule has 2 aromatic heterocycles.